The maximum atomic E-state index is 12.7. The van der Waals surface area contributed by atoms with E-state index in [0.717, 1.165) is 11.1 Å². The van der Waals surface area contributed by atoms with Gasteiger partial charge in [-0.3, -0.25) is 9.59 Å². The first-order chi connectivity index (χ1) is 14.1. The average Bonchev–Trinajstić information content (AvgIpc) is 2.75. The van der Waals surface area contributed by atoms with Gasteiger partial charge in [0, 0.05) is 23.6 Å². The third kappa shape index (κ3) is 5.32. The van der Waals surface area contributed by atoms with Crippen LogP contribution in [0.15, 0.2) is 78.9 Å². The van der Waals surface area contributed by atoms with Crippen LogP contribution in [0.5, 0.6) is 5.75 Å². The quantitative estimate of drug-likeness (QED) is 0.583. The maximum absolute atomic E-state index is 12.7. The summed E-state index contributed by atoms with van der Waals surface area (Å²) in [6.07, 6.45) is 0.153. The smallest absolute Gasteiger partial charge is 0.224 e. The summed E-state index contributed by atoms with van der Waals surface area (Å²) in [6, 6.07) is 25.5. The third-order valence-corrected chi connectivity index (χ3v) is 4.95. The minimum absolute atomic E-state index is 0.0393. The first-order valence-electron chi connectivity index (χ1n) is 9.63. The molecule has 29 heavy (non-hydrogen) atoms. The molecule has 0 aliphatic rings. The topological polar surface area (TPSA) is 55.4 Å². The lowest BCUT2D eigenvalue weighted by molar-refractivity contribution is -0.120. The van der Waals surface area contributed by atoms with Crippen LogP contribution in [-0.4, -0.2) is 25.3 Å². The molecule has 0 aromatic heterocycles. The highest BCUT2D eigenvalue weighted by molar-refractivity contribution is 5.94. The van der Waals surface area contributed by atoms with Crippen molar-refractivity contribution in [3.63, 3.8) is 0 Å². The minimum Gasteiger partial charge on any atom is -0.496 e. The normalized spacial score (nSPS) is 10.6. The fourth-order valence-corrected chi connectivity index (χ4v) is 3.39. The minimum atomic E-state index is -0.110. The fraction of sp³-hybridized carbons (Fsp3) is 0.200. The van der Waals surface area contributed by atoms with E-state index in [9.17, 15) is 9.59 Å². The van der Waals surface area contributed by atoms with Crippen LogP contribution in [0.4, 0.5) is 0 Å². The van der Waals surface area contributed by atoms with E-state index in [1.165, 1.54) is 6.92 Å². The number of hydrogen-bond acceptors (Lipinski definition) is 3. The number of rotatable bonds is 8. The fourth-order valence-electron chi connectivity index (χ4n) is 3.39. The van der Waals surface area contributed by atoms with E-state index in [-0.39, 0.29) is 24.0 Å². The summed E-state index contributed by atoms with van der Waals surface area (Å²) in [4.78, 5) is 24.3. The van der Waals surface area contributed by atoms with E-state index < -0.39 is 0 Å². The Kier molecular flexibility index (Phi) is 6.80. The molecule has 0 radical (unpaired) electrons. The number of hydrogen-bond donors (Lipinski definition) is 1. The van der Waals surface area contributed by atoms with Crippen molar-refractivity contribution in [2.75, 3.05) is 13.7 Å². The Morgan fingerprint density at radius 1 is 0.897 bits per heavy atom. The molecular formula is C25H25NO3. The van der Waals surface area contributed by atoms with Crippen LogP contribution in [0.1, 0.15) is 39.9 Å². The molecule has 0 fully saturated rings. The molecule has 0 aliphatic carbocycles. The van der Waals surface area contributed by atoms with Gasteiger partial charge in [-0.1, -0.05) is 60.7 Å². The summed E-state index contributed by atoms with van der Waals surface area (Å²) in [6.45, 7) is 2.00. The van der Waals surface area contributed by atoms with Gasteiger partial charge >= 0.3 is 0 Å². The molecule has 148 valence electrons. The molecule has 4 heteroatoms. The number of nitrogens with one attached hydrogen (secondary N) is 1. The second kappa shape index (κ2) is 9.69. The van der Waals surface area contributed by atoms with Crippen molar-refractivity contribution >= 4 is 11.7 Å². The Morgan fingerprint density at radius 3 is 2.00 bits per heavy atom. The maximum Gasteiger partial charge on any atom is 0.224 e. The number of amides is 1. The van der Waals surface area contributed by atoms with Gasteiger partial charge in [-0.05, 0) is 36.2 Å². The Bertz CT molecular complexity index is 928. The summed E-state index contributed by atoms with van der Waals surface area (Å²) in [5.41, 5.74) is 3.57. The molecule has 0 saturated heterocycles. The van der Waals surface area contributed by atoms with Gasteiger partial charge in [-0.25, -0.2) is 0 Å². The summed E-state index contributed by atoms with van der Waals surface area (Å²) >= 11 is 0. The van der Waals surface area contributed by atoms with Crippen LogP contribution in [-0.2, 0) is 11.2 Å². The van der Waals surface area contributed by atoms with Gasteiger partial charge in [0.25, 0.3) is 0 Å². The van der Waals surface area contributed by atoms with Gasteiger partial charge in [0.15, 0.2) is 5.78 Å². The molecule has 0 unspecified atom stereocenters. The van der Waals surface area contributed by atoms with Crippen LogP contribution in [0.3, 0.4) is 0 Å². The predicted molar refractivity (Wildman–Crippen MR) is 114 cm³/mol. The first kappa shape index (κ1) is 20.3. The SMILES string of the molecule is COc1ccc(C(C)=O)cc1CC(=O)NCC(c1ccccc1)c1ccccc1. The lowest BCUT2D eigenvalue weighted by atomic mass is 9.91. The molecule has 1 N–H and O–H groups in total. The number of carbonyl (C=O) groups is 2. The molecule has 0 bridgehead atoms. The Hall–Kier alpha value is -3.40. The van der Waals surface area contributed by atoms with Gasteiger partial charge in [-0.15, -0.1) is 0 Å². The van der Waals surface area contributed by atoms with Crippen molar-refractivity contribution in [2.24, 2.45) is 0 Å². The highest BCUT2D eigenvalue weighted by atomic mass is 16.5. The highest BCUT2D eigenvalue weighted by Crippen LogP contribution is 2.24. The largest absolute Gasteiger partial charge is 0.496 e. The standard InChI is InChI=1S/C25H25NO3/c1-18(27)21-13-14-24(29-2)22(15-21)16-25(28)26-17-23(19-9-5-3-6-10-19)20-11-7-4-8-12-20/h3-15,23H,16-17H2,1-2H3,(H,26,28). The molecule has 3 aromatic carbocycles. The van der Waals surface area contributed by atoms with E-state index in [1.54, 1.807) is 25.3 Å². The van der Waals surface area contributed by atoms with E-state index >= 15 is 0 Å². The Balaban J connectivity index is 1.74. The monoisotopic (exact) mass is 387 g/mol. The number of carbonyl (C=O) groups excluding carboxylic acids is 2. The Morgan fingerprint density at radius 2 is 1.48 bits per heavy atom. The number of ether oxygens (including phenoxy) is 1. The molecule has 1 amide bonds. The average molecular weight is 387 g/mol. The lowest BCUT2D eigenvalue weighted by Gasteiger charge is -2.19. The molecule has 0 spiro atoms. The van der Waals surface area contributed by atoms with E-state index in [1.807, 2.05) is 36.4 Å². The summed E-state index contributed by atoms with van der Waals surface area (Å²) < 4.78 is 5.35. The molecule has 3 rings (SSSR count). The van der Waals surface area contributed by atoms with Crippen molar-refractivity contribution in [2.45, 2.75) is 19.3 Å². The summed E-state index contributed by atoms with van der Waals surface area (Å²) in [5.74, 6) is 0.517. The second-order valence-electron chi connectivity index (χ2n) is 6.94. The van der Waals surface area contributed by atoms with Crippen LogP contribution in [0.2, 0.25) is 0 Å². The number of Topliss-reactive ketones (excluding diaryl/α,β-unsaturated/α-hetero) is 1. The van der Waals surface area contributed by atoms with Crippen LogP contribution in [0, 0.1) is 0 Å². The summed E-state index contributed by atoms with van der Waals surface area (Å²) in [7, 11) is 1.56. The van der Waals surface area contributed by atoms with Crippen molar-refractivity contribution in [1.82, 2.24) is 5.32 Å². The third-order valence-electron chi connectivity index (χ3n) is 4.95. The van der Waals surface area contributed by atoms with Gasteiger partial charge < -0.3 is 10.1 Å². The van der Waals surface area contributed by atoms with Gasteiger partial charge in [0.05, 0.1) is 13.5 Å². The van der Waals surface area contributed by atoms with Crippen LogP contribution < -0.4 is 10.1 Å². The molecule has 0 atom stereocenters. The Labute approximate surface area is 171 Å². The zero-order valence-corrected chi connectivity index (χ0v) is 16.7. The van der Waals surface area contributed by atoms with E-state index in [4.69, 9.17) is 4.74 Å². The highest BCUT2D eigenvalue weighted by Gasteiger charge is 2.16. The van der Waals surface area contributed by atoms with Crippen LogP contribution >= 0.6 is 0 Å². The molecule has 0 heterocycles. The molecule has 4 nitrogen and oxygen atoms in total. The number of methoxy groups -OCH3 is 1. The zero-order valence-electron chi connectivity index (χ0n) is 16.7. The van der Waals surface area contributed by atoms with Gasteiger partial charge in [0.2, 0.25) is 5.91 Å². The van der Waals surface area contributed by atoms with Crippen molar-refractivity contribution < 1.29 is 14.3 Å². The van der Waals surface area contributed by atoms with Gasteiger partial charge in [-0.2, -0.15) is 0 Å². The van der Waals surface area contributed by atoms with E-state index in [0.29, 0.717) is 23.4 Å². The summed E-state index contributed by atoms with van der Waals surface area (Å²) in [5, 5.41) is 3.05. The lowest BCUT2D eigenvalue weighted by Crippen LogP contribution is -2.30. The number of ketones is 1. The van der Waals surface area contributed by atoms with Crippen molar-refractivity contribution in [3.8, 4) is 5.75 Å². The first-order valence-corrected chi connectivity index (χ1v) is 9.63. The van der Waals surface area contributed by atoms with Crippen LogP contribution in [0.25, 0.3) is 0 Å². The molecule has 0 saturated carbocycles. The molecule has 3 aromatic rings. The second-order valence-corrected chi connectivity index (χ2v) is 6.94. The van der Waals surface area contributed by atoms with Crippen molar-refractivity contribution in [1.29, 1.82) is 0 Å². The predicted octanol–water partition coefficient (Wildman–Crippen LogP) is 4.39. The zero-order chi connectivity index (χ0) is 20.6. The van der Waals surface area contributed by atoms with Gasteiger partial charge in [0.1, 0.15) is 5.75 Å². The number of benzene rings is 3. The molecular weight excluding hydrogens is 362 g/mol. The van der Waals surface area contributed by atoms with E-state index in [2.05, 4.69) is 29.6 Å². The molecule has 0 aliphatic heterocycles. The van der Waals surface area contributed by atoms with Crippen molar-refractivity contribution in [3.05, 3.63) is 101 Å².